The van der Waals surface area contributed by atoms with E-state index in [1.807, 2.05) is 0 Å². The molecule has 4 atom stereocenters. The largest absolute Gasteiger partial charge is 0.481 e. The third-order valence-corrected chi connectivity index (χ3v) is 4.53. The van der Waals surface area contributed by atoms with E-state index in [1.54, 1.807) is 13.8 Å². The van der Waals surface area contributed by atoms with Crippen LogP contribution in [0, 0.1) is 23.2 Å². The van der Waals surface area contributed by atoms with Gasteiger partial charge in [-0.15, -0.1) is 0 Å². The zero-order chi connectivity index (χ0) is 13.5. The Labute approximate surface area is 107 Å². The average molecular weight is 255 g/mol. The lowest BCUT2D eigenvalue weighted by molar-refractivity contribution is -0.140. The first-order chi connectivity index (χ1) is 8.35. The Morgan fingerprint density at radius 2 is 1.94 bits per heavy atom. The van der Waals surface area contributed by atoms with Crippen LogP contribution in [0.2, 0.25) is 0 Å². The van der Waals surface area contributed by atoms with E-state index in [9.17, 15) is 14.7 Å². The summed E-state index contributed by atoms with van der Waals surface area (Å²) < 4.78 is 0. The quantitative estimate of drug-likeness (QED) is 0.687. The van der Waals surface area contributed by atoms with Crippen LogP contribution in [0.5, 0.6) is 0 Å². The van der Waals surface area contributed by atoms with Crippen LogP contribution in [0.4, 0.5) is 0 Å². The molecule has 102 valence electrons. The lowest BCUT2D eigenvalue weighted by Gasteiger charge is -2.15. The van der Waals surface area contributed by atoms with Crippen LogP contribution < -0.4 is 5.32 Å². The minimum Gasteiger partial charge on any atom is -0.481 e. The van der Waals surface area contributed by atoms with Crippen LogP contribution in [0.15, 0.2) is 0 Å². The summed E-state index contributed by atoms with van der Waals surface area (Å²) in [4.78, 5) is 22.9. The van der Waals surface area contributed by atoms with Gasteiger partial charge in [-0.2, -0.15) is 0 Å². The molecule has 2 unspecified atom stereocenters. The van der Waals surface area contributed by atoms with Gasteiger partial charge in [0.05, 0.1) is 17.9 Å². The van der Waals surface area contributed by atoms with E-state index >= 15 is 0 Å². The molecule has 2 saturated carbocycles. The molecule has 0 aromatic rings. The van der Waals surface area contributed by atoms with Gasteiger partial charge in [-0.05, 0) is 18.3 Å². The second-order valence-electron chi connectivity index (χ2n) is 6.12. The Kier molecular flexibility index (Phi) is 3.36. The van der Waals surface area contributed by atoms with Gasteiger partial charge in [-0.1, -0.05) is 20.3 Å². The first kappa shape index (κ1) is 13.3. The van der Waals surface area contributed by atoms with E-state index < -0.39 is 23.2 Å². The summed E-state index contributed by atoms with van der Waals surface area (Å²) in [7, 11) is 0. The zero-order valence-electron chi connectivity index (χ0n) is 10.8. The maximum absolute atomic E-state index is 11.9. The van der Waals surface area contributed by atoms with Gasteiger partial charge in [0.2, 0.25) is 5.91 Å². The van der Waals surface area contributed by atoms with Crippen molar-refractivity contribution in [2.75, 3.05) is 6.54 Å². The second kappa shape index (κ2) is 4.53. The lowest BCUT2D eigenvalue weighted by Crippen LogP contribution is -2.34. The van der Waals surface area contributed by atoms with Gasteiger partial charge in [0, 0.05) is 12.5 Å². The second-order valence-corrected chi connectivity index (χ2v) is 6.12. The molecule has 2 fully saturated rings. The Morgan fingerprint density at radius 1 is 1.28 bits per heavy atom. The molecule has 2 aliphatic rings. The van der Waals surface area contributed by atoms with Crippen molar-refractivity contribution in [3.63, 3.8) is 0 Å². The highest BCUT2D eigenvalue weighted by Crippen LogP contribution is 2.58. The number of carboxylic acid groups (broad SMARTS) is 1. The van der Waals surface area contributed by atoms with Crippen LogP contribution in [-0.2, 0) is 9.59 Å². The van der Waals surface area contributed by atoms with Gasteiger partial charge in [-0.25, -0.2) is 0 Å². The van der Waals surface area contributed by atoms with Crippen molar-refractivity contribution in [3.05, 3.63) is 0 Å². The van der Waals surface area contributed by atoms with Crippen LogP contribution in [0.3, 0.4) is 0 Å². The summed E-state index contributed by atoms with van der Waals surface area (Å²) in [6.45, 7) is 4.07. The molecule has 1 amide bonds. The predicted molar refractivity (Wildman–Crippen MR) is 64.8 cm³/mol. The molecule has 0 aromatic heterocycles. The Balaban J connectivity index is 1.84. The summed E-state index contributed by atoms with van der Waals surface area (Å²) >= 11 is 0. The number of carbonyl (C=O) groups excluding carboxylic acids is 1. The summed E-state index contributed by atoms with van der Waals surface area (Å²) in [5.74, 6) is -1.98. The summed E-state index contributed by atoms with van der Waals surface area (Å²) in [6.07, 6.45) is 2.40. The third kappa shape index (κ3) is 2.23. The molecule has 2 rings (SSSR count). The highest BCUT2D eigenvalue weighted by Gasteiger charge is 2.65. The fraction of sp³-hybridized carbons (Fsp3) is 0.846. The number of aliphatic hydroxyl groups excluding tert-OH is 1. The molecule has 0 saturated heterocycles. The molecular weight excluding hydrogens is 234 g/mol. The Morgan fingerprint density at radius 3 is 2.39 bits per heavy atom. The Bertz CT molecular complexity index is 366. The number of aliphatic carboxylic acids is 1. The van der Waals surface area contributed by atoms with Crippen molar-refractivity contribution < 1.29 is 19.8 Å². The number of hydrogen-bond donors (Lipinski definition) is 3. The predicted octanol–water partition coefficient (Wildman–Crippen LogP) is 0.620. The van der Waals surface area contributed by atoms with Gasteiger partial charge in [0.25, 0.3) is 0 Å². The minimum absolute atomic E-state index is 0.124. The van der Waals surface area contributed by atoms with Crippen molar-refractivity contribution >= 4 is 11.9 Å². The molecule has 0 aromatic carbocycles. The lowest BCUT2D eigenvalue weighted by atomic mass is 10.1. The molecule has 2 aliphatic carbocycles. The smallest absolute Gasteiger partial charge is 0.307 e. The normalized spacial score (nSPS) is 37.3. The standard InChI is InChI=1S/C13H21NO4/c1-13(2)9(10(13)12(17)18)11(16)14-6-7-4-3-5-8(7)15/h7-10,15H,3-6H2,1-2H3,(H,14,16)(H,17,18)/t7?,8?,9-,10+/m1/s1. The molecule has 18 heavy (non-hydrogen) atoms. The van der Waals surface area contributed by atoms with Gasteiger partial charge in [0.1, 0.15) is 0 Å². The molecule has 5 heteroatoms. The number of rotatable bonds is 4. The van der Waals surface area contributed by atoms with E-state index in [1.165, 1.54) is 0 Å². The SMILES string of the molecule is CC1(C)[C@H](C(=O)O)[C@@H]1C(=O)NCC1CCCC1O. The summed E-state index contributed by atoms with van der Waals surface area (Å²) in [6, 6.07) is 0. The number of hydrogen-bond acceptors (Lipinski definition) is 3. The van der Waals surface area contributed by atoms with E-state index in [2.05, 4.69) is 5.32 Å². The summed E-state index contributed by atoms with van der Waals surface area (Å²) in [5.41, 5.74) is -0.454. The number of carboxylic acids is 1. The van der Waals surface area contributed by atoms with Gasteiger partial charge in [0.15, 0.2) is 0 Å². The molecule has 5 nitrogen and oxygen atoms in total. The van der Waals surface area contributed by atoms with Crippen molar-refractivity contribution in [1.29, 1.82) is 0 Å². The van der Waals surface area contributed by atoms with E-state index in [0.29, 0.717) is 6.54 Å². The fourth-order valence-corrected chi connectivity index (χ4v) is 3.18. The maximum atomic E-state index is 11.9. The van der Waals surface area contributed by atoms with Crippen LogP contribution >= 0.6 is 0 Å². The molecule has 0 heterocycles. The van der Waals surface area contributed by atoms with E-state index in [4.69, 9.17) is 5.11 Å². The number of nitrogens with one attached hydrogen (secondary N) is 1. The molecule has 3 N–H and O–H groups in total. The average Bonchev–Trinajstić information content (AvgIpc) is 2.62. The van der Waals surface area contributed by atoms with Crippen LogP contribution in [0.25, 0.3) is 0 Å². The maximum Gasteiger partial charge on any atom is 0.307 e. The molecular formula is C13H21NO4. The van der Waals surface area contributed by atoms with Crippen molar-refractivity contribution in [2.24, 2.45) is 23.2 Å². The van der Waals surface area contributed by atoms with Gasteiger partial charge < -0.3 is 15.5 Å². The van der Waals surface area contributed by atoms with Crippen molar-refractivity contribution in [1.82, 2.24) is 5.32 Å². The van der Waals surface area contributed by atoms with Gasteiger partial charge in [-0.3, -0.25) is 9.59 Å². The highest BCUT2D eigenvalue weighted by atomic mass is 16.4. The number of aliphatic hydroxyl groups is 1. The third-order valence-electron chi connectivity index (χ3n) is 4.53. The summed E-state index contributed by atoms with van der Waals surface area (Å²) in [5, 5.41) is 21.5. The highest BCUT2D eigenvalue weighted by molar-refractivity contribution is 5.91. The molecule has 0 spiro atoms. The molecule has 0 bridgehead atoms. The first-order valence-electron chi connectivity index (χ1n) is 6.54. The zero-order valence-corrected chi connectivity index (χ0v) is 10.8. The number of amides is 1. The van der Waals surface area contributed by atoms with E-state index in [-0.39, 0.29) is 17.9 Å². The Hall–Kier alpha value is -1.10. The monoisotopic (exact) mass is 255 g/mol. The number of carbonyl (C=O) groups is 2. The minimum atomic E-state index is -0.902. The van der Waals surface area contributed by atoms with Crippen LogP contribution in [0.1, 0.15) is 33.1 Å². The molecule has 0 aliphatic heterocycles. The first-order valence-corrected chi connectivity index (χ1v) is 6.54. The van der Waals surface area contributed by atoms with Gasteiger partial charge >= 0.3 is 5.97 Å². The van der Waals surface area contributed by atoms with E-state index in [0.717, 1.165) is 19.3 Å². The van der Waals surface area contributed by atoms with Crippen LogP contribution in [-0.4, -0.2) is 34.7 Å². The van der Waals surface area contributed by atoms with Crippen molar-refractivity contribution in [2.45, 2.75) is 39.2 Å². The fourth-order valence-electron chi connectivity index (χ4n) is 3.18. The topological polar surface area (TPSA) is 86.6 Å². The molecule has 0 radical (unpaired) electrons. The van der Waals surface area contributed by atoms with Crippen molar-refractivity contribution in [3.8, 4) is 0 Å².